The monoisotopic (exact) mass is 221 g/mol. The molecule has 0 atom stereocenters. The summed E-state index contributed by atoms with van der Waals surface area (Å²) in [6, 6.07) is 3.28. The van der Waals surface area contributed by atoms with E-state index < -0.39 is 0 Å². The van der Waals surface area contributed by atoms with Gasteiger partial charge >= 0.3 is 0 Å². The Kier molecular flexibility index (Phi) is 3.94. The summed E-state index contributed by atoms with van der Waals surface area (Å²) in [5.41, 5.74) is 1.39. The van der Waals surface area contributed by atoms with Crippen LogP contribution in [0.25, 0.3) is 6.08 Å². The molecule has 0 heterocycles. The van der Waals surface area contributed by atoms with Crippen molar-refractivity contribution in [3.05, 3.63) is 29.3 Å². The van der Waals surface area contributed by atoms with E-state index in [1.54, 1.807) is 26.3 Å². The van der Waals surface area contributed by atoms with Crippen molar-refractivity contribution in [1.29, 1.82) is 0 Å². The fourth-order valence-electron chi connectivity index (χ4n) is 1.29. The summed E-state index contributed by atoms with van der Waals surface area (Å²) >= 11 is 0. The Balaban J connectivity index is 3.05. The van der Waals surface area contributed by atoms with E-state index in [1.807, 2.05) is 6.92 Å². The molecular weight excluding hydrogens is 206 g/mol. The molecule has 4 heteroatoms. The molecule has 0 unspecified atom stereocenters. The summed E-state index contributed by atoms with van der Waals surface area (Å²) in [4.78, 5) is 11.0. The molecule has 0 bridgehead atoms. The van der Waals surface area contributed by atoms with Gasteiger partial charge in [-0.2, -0.15) is 0 Å². The van der Waals surface area contributed by atoms with Crippen molar-refractivity contribution >= 4 is 12.0 Å². The SMILES string of the molecule is CNC(=O)/C=C/c1cc(OC)c(C)cc1O. The number of aryl methyl sites for hydroxylation is 1. The topological polar surface area (TPSA) is 58.6 Å². The quantitative estimate of drug-likeness (QED) is 0.760. The number of phenolic OH excluding ortho intramolecular Hbond substituents is 1. The number of aromatic hydroxyl groups is 1. The third-order valence-corrected chi connectivity index (χ3v) is 2.20. The van der Waals surface area contributed by atoms with Crippen LogP contribution >= 0.6 is 0 Å². The largest absolute Gasteiger partial charge is 0.507 e. The smallest absolute Gasteiger partial charge is 0.243 e. The number of carbonyl (C=O) groups is 1. The third-order valence-electron chi connectivity index (χ3n) is 2.20. The Morgan fingerprint density at radius 3 is 2.75 bits per heavy atom. The van der Waals surface area contributed by atoms with Crippen molar-refractivity contribution in [1.82, 2.24) is 5.32 Å². The number of carbonyl (C=O) groups excluding carboxylic acids is 1. The first-order chi connectivity index (χ1) is 7.58. The molecule has 0 aromatic heterocycles. The molecule has 0 fully saturated rings. The Morgan fingerprint density at radius 2 is 2.19 bits per heavy atom. The van der Waals surface area contributed by atoms with Crippen LogP contribution in [0.2, 0.25) is 0 Å². The highest BCUT2D eigenvalue weighted by molar-refractivity contribution is 5.91. The molecule has 0 aliphatic rings. The second-order valence-electron chi connectivity index (χ2n) is 3.33. The third kappa shape index (κ3) is 2.76. The van der Waals surface area contributed by atoms with Gasteiger partial charge < -0.3 is 15.2 Å². The van der Waals surface area contributed by atoms with Gasteiger partial charge in [-0.1, -0.05) is 0 Å². The highest BCUT2D eigenvalue weighted by atomic mass is 16.5. The summed E-state index contributed by atoms with van der Waals surface area (Å²) in [7, 11) is 3.11. The van der Waals surface area contributed by atoms with E-state index in [2.05, 4.69) is 5.32 Å². The number of nitrogens with one attached hydrogen (secondary N) is 1. The van der Waals surface area contributed by atoms with Crippen LogP contribution in [0.4, 0.5) is 0 Å². The summed E-state index contributed by atoms with van der Waals surface area (Å²) in [5.74, 6) is 0.576. The van der Waals surface area contributed by atoms with E-state index in [1.165, 1.54) is 12.2 Å². The number of likely N-dealkylation sites (N-methyl/N-ethyl adjacent to an activating group) is 1. The van der Waals surface area contributed by atoms with Gasteiger partial charge in [-0.15, -0.1) is 0 Å². The number of hydrogen-bond acceptors (Lipinski definition) is 3. The normalized spacial score (nSPS) is 10.4. The molecule has 86 valence electrons. The van der Waals surface area contributed by atoms with Gasteiger partial charge in [0.15, 0.2) is 0 Å². The van der Waals surface area contributed by atoms with Crippen LogP contribution in [0.1, 0.15) is 11.1 Å². The lowest BCUT2D eigenvalue weighted by Gasteiger charge is -2.07. The maximum Gasteiger partial charge on any atom is 0.243 e. The summed E-state index contributed by atoms with van der Waals surface area (Å²) in [6.45, 7) is 1.84. The second-order valence-corrected chi connectivity index (χ2v) is 3.33. The van der Waals surface area contributed by atoms with Gasteiger partial charge in [-0.3, -0.25) is 4.79 Å². The van der Waals surface area contributed by atoms with Crippen molar-refractivity contribution in [3.63, 3.8) is 0 Å². The van der Waals surface area contributed by atoms with Crippen molar-refractivity contribution in [2.24, 2.45) is 0 Å². The number of ether oxygens (including phenoxy) is 1. The van der Waals surface area contributed by atoms with Crippen LogP contribution in [-0.2, 0) is 4.79 Å². The van der Waals surface area contributed by atoms with E-state index in [0.717, 1.165) is 5.56 Å². The fraction of sp³-hybridized carbons (Fsp3) is 0.250. The predicted molar refractivity (Wildman–Crippen MR) is 62.5 cm³/mol. The Hall–Kier alpha value is -1.97. The van der Waals surface area contributed by atoms with Crippen LogP contribution in [0.5, 0.6) is 11.5 Å². The Bertz CT molecular complexity index is 425. The van der Waals surface area contributed by atoms with Gasteiger partial charge in [0.2, 0.25) is 5.91 Å². The Labute approximate surface area is 94.6 Å². The average Bonchev–Trinajstić information content (AvgIpc) is 2.27. The van der Waals surface area contributed by atoms with Crippen LogP contribution in [0.15, 0.2) is 18.2 Å². The van der Waals surface area contributed by atoms with Gasteiger partial charge in [-0.05, 0) is 30.7 Å². The van der Waals surface area contributed by atoms with Crippen molar-refractivity contribution in [3.8, 4) is 11.5 Å². The molecule has 0 saturated heterocycles. The highest BCUT2D eigenvalue weighted by Crippen LogP contribution is 2.28. The molecule has 2 N–H and O–H groups in total. The molecule has 1 aromatic carbocycles. The van der Waals surface area contributed by atoms with E-state index in [0.29, 0.717) is 11.3 Å². The lowest BCUT2D eigenvalue weighted by Crippen LogP contribution is -2.13. The number of amides is 1. The molecule has 1 amide bonds. The molecule has 0 aliphatic carbocycles. The molecule has 0 saturated carbocycles. The molecule has 1 rings (SSSR count). The van der Waals surface area contributed by atoms with E-state index >= 15 is 0 Å². The molecular formula is C12H15NO3. The van der Waals surface area contributed by atoms with Gasteiger partial charge in [0.05, 0.1) is 7.11 Å². The zero-order valence-electron chi connectivity index (χ0n) is 9.57. The second kappa shape index (κ2) is 5.21. The first-order valence-electron chi connectivity index (χ1n) is 4.86. The zero-order chi connectivity index (χ0) is 12.1. The highest BCUT2D eigenvalue weighted by Gasteiger charge is 2.04. The van der Waals surface area contributed by atoms with Crippen molar-refractivity contribution in [2.75, 3.05) is 14.2 Å². The minimum Gasteiger partial charge on any atom is -0.507 e. The minimum absolute atomic E-state index is 0.124. The van der Waals surface area contributed by atoms with Gasteiger partial charge in [0.25, 0.3) is 0 Å². The molecule has 0 spiro atoms. The van der Waals surface area contributed by atoms with Gasteiger partial charge in [-0.25, -0.2) is 0 Å². The van der Waals surface area contributed by atoms with Crippen LogP contribution < -0.4 is 10.1 Å². The first-order valence-corrected chi connectivity index (χ1v) is 4.86. The van der Waals surface area contributed by atoms with Crippen molar-refractivity contribution < 1.29 is 14.6 Å². The van der Waals surface area contributed by atoms with Gasteiger partial charge in [0, 0.05) is 18.7 Å². The first kappa shape index (κ1) is 12.1. The maximum atomic E-state index is 11.0. The molecule has 16 heavy (non-hydrogen) atoms. The van der Waals surface area contributed by atoms with Crippen molar-refractivity contribution in [2.45, 2.75) is 6.92 Å². The average molecular weight is 221 g/mol. The molecule has 4 nitrogen and oxygen atoms in total. The fourth-order valence-corrected chi connectivity index (χ4v) is 1.29. The minimum atomic E-state index is -0.223. The standard InChI is InChI=1S/C12H15NO3/c1-8-6-10(14)9(7-11(8)16-3)4-5-12(15)13-2/h4-7,14H,1-3H3,(H,13,15)/b5-4+. The Morgan fingerprint density at radius 1 is 1.50 bits per heavy atom. The predicted octanol–water partition coefficient (Wildman–Crippen LogP) is 1.47. The number of hydrogen-bond donors (Lipinski definition) is 2. The summed E-state index contributed by atoms with van der Waals surface area (Å²) in [5, 5.41) is 12.1. The van der Waals surface area contributed by atoms with E-state index in [-0.39, 0.29) is 11.7 Å². The van der Waals surface area contributed by atoms with Crippen LogP contribution in [-0.4, -0.2) is 25.2 Å². The van der Waals surface area contributed by atoms with E-state index in [9.17, 15) is 9.90 Å². The molecule has 0 radical (unpaired) electrons. The van der Waals surface area contributed by atoms with Gasteiger partial charge in [0.1, 0.15) is 11.5 Å². The number of methoxy groups -OCH3 is 1. The summed E-state index contributed by atoms with van der Waals surface area (Å²) in [6.07, 6.45) is 2.89. The number of phenols is 1. The molecule has 0 aliphatic heterocycles. The van der Waals surface area contributed by atoms with Crippen LogP contribution in [0, 0.1) is 6.92 Å². The lowest BCUT2D eigenvalue weighted by molar-refractivity contribution is -0.115. The number of benzene rings is 1. The summed E-state index contributed by atoms with van der Waals surface area (Å²) < 4.78 is 5.13. The van der Waals surface area contributed by atoms with E-state index in [4.69, 9.17) is 4.74 Å². The van der Waals surface area contributed by atoms with Crippen LogP contribution in [0.3, 0.4) is 0 Å². The zero-order valence-corrected chi connectivity index (χ0v) is 9.57. The number of rotatable bonds is 3. The lowest BCUT2D eigenvalue weighted by atomic mass is 10.1. The maximum absolute atomic E-state index is 11.0. The molecule has 1 aromatic rings.